The second-order valence-electron chi connectivity index (χ2n) is 31.3. The number of nitrogens with zero attached hydrogens (tertiary/aromatic N) is 2. The number of unbranched alkanes of at least 4 members (excludes halogenated alkanes) is 1. The van der Waals surface area contributed by atoms with Gasteiger partial charge in [-0.25, -0.2) is 4.79 Å². The van der Waals surface area contributed by atoms with Crippen LogP contribution in [0, 0.1) is 11.8 Å². The van der Waals surface area contributed by atoms with Crippen molar-refractivity contribution < 1.29 is 112 Å². The van der Waals surface area contributed by atoms with Crippen LogP contribution in [0.1, 0.15) is 123 Å². The van der Waals surface area contributed by atoms with Crippen molar-refractivity contribution in [2.75, 3.05) is 63.9 Å². The molecule has 722 valence electrons. The molecule has 0 bridgehead atoms. The fourth-order valence-corrected chi connectivity index (χ4v) is 13.6. The van der Waals surface area contributed by atoms with E-state index in [0.717, 1.165) is 11.8 Å². The number of rotatable bonds is 59. The van der Waals surface area contributed by atoms with E-state index in [9.17, 15) is 112 Å². The summed E-state index contributed by atoms with van der Waals surface area (Å²) in [6.45, 7) is 5.24. The highest BCUT2D eigenvalue weighted by Crippen LogP contribution is 2.23. The van der Waals surface area contributed by atoms with E-state index in [1.165, 1.54) is 48.5 Å². The summed E-state index contributed by atoms with van der Waals surface area (Å²) in [6.07, 6.45) is -5.76. The molecule has 1 saturated heterocycles. The predicted molar refractivity (Wildman–Crippen MR) is 474 cm³/mol. The number of aromatic hydroxyl groups is 2. The van der Waals surface area contributed by atoms with E-state index in [1.54, 1.807) is 27.7 Å². The van der Waals surface area contributed by atoms with Crippen LogP contribution in [-0.4, -0.2) is 315 Å². The minimum Gasteiger partial charge on any atom is -0.508 e. The van der Waals surface area contributed by atoms with Gasteiger partial charge in [0.25, 0.3) is 0 Å². The number of thiol groups is 2. The van der Waals surface area contributed by atoms with Crippen molar-refractivity contribution >= 4 is 132 Å². The number of amides is 16. The average Bonchev–Trinajstić information content (AvgIpc) is 1.66. The number of aliphatic hydroxyl groups excluding tert-OH is 3. The van der Waals surface area contributed by atoms with E-state index in [1.807, 2.05) is 0 Å². The maximum atomic E-state index is 14.5. The smallest absolute Gasteiger partial charge is 0.326 e. The highest BCUT2D eigenvalue weighted by Gasteiger charge is 2.44. The Balaban J connectivity index is 1.88. The Morgan fingerprint density at radius 1 is 0.450 bits per heavy atom. The lowest BCUT2D eigenvalue weighted by Gasteiger charge is -2.31. The van der Waals surface area contributed by atoms with Crippen molar-refractivity contribution in [2.45, 2.75) is 233 Å². The van der Waals surface area contributed by atoms with Crippen LogP contribution in [-0.2, 0) is 94.3 Å². The first-order valence-electron chi connectivity index (χ1n) is 42.1. The molecule has 0 radical (unpaired) electrons. The number of aliphatic hydroxyl groups is 3. The van der Waals surface area contributed by atoms with Crippen molar-refractivity contribution in [3.8, 4) is 11.5 Å². The number of hydrogen-bond acceptors (Lipinski definition) is 31. The molecule has 0 saturated carbocycles. The molecule has 38 N–H and O–H groups in total. The molecule has 48 nitrogen and oxygen atoms in total. The standard InChI is InChI=1S/C79H131N25O23S2/c1-6-39(4)61(102-74(122)58-32-45(109)34-104(58)77(125)60(86)38(2)3)75(123)101-57(37-129)72(120)96-52(30-41-12-16-43(107)17-13-41)69(117)99-55(35-105)71(119)97-53(33-59(85)110)70(118)91-47(11-9-29-89-79(87)88)64(112)94-51(23-28-84)68(116)103-62(40(5)106)76(124)95-50(22-27-83)66(114)90-46(10-7-8-24-80)63(111)92-48(20-25-81)65(113)93-49(21-26-82)67(115)100-56(36-128)73(121)98-54(78(126)127)31-42-14-18-44(108)19-15-42/h12-19,38-40,45-58,60-62,105-109,128-129H,6-11,20-37,80-84,86H2,1-5H3,(H2,85,110)(H,90,114)(H,91,118)(H,92,111)(H,93,113)(H,94,112)(H,95,124)(H,96,120)(H,97,119)(H,98,121)(H,99,117)(H,100,115)(H,101,123)(H,102,122)(H,103,116)(H,126,127)(H4,87,88,89)/t39-,40+,45+,46-,47-,48-,49-,50+,51-,52-,53-,54-,55-,56-,57-,58-,60-,61-,62-/m0/s1. The van der Waals surface area contributed by atoms with E-state index in [2.05, 4.69) is 105 Å². The highest BCUT2D eigenvalue weighted by molar-refractivity contribution is 7.80. The number of carboxylic acid groups (broad SMARTS) is 1. The van der Waals surface area contributed by atoms with Crippen molar-refractivity contribution in [1.29, 1.82) is 0 Å². The molecule has 129 heavy (non-hydrogen) atoms. The zero-order valence-electron chi connectivity index (χ0n) is 72.7. The summed E-state index contributed by atoms with van der Waals surface area (Å²) in [5, 5.41) is 95.9. The monoisotopic (exact) mass is 1860 g/mol. The Kier molecular flexibility index (Phi) is 49.9. The van der Waals surface area contributed by atoms with Gasteiger partial charge in [0.15, 0.2) is 5.96 Å². The number of carbonyl (C=O) groups excluding carboxylic acids is 16. The zero-order chi connectivity index (χ0) is 97.1. The van der Waals surface area contributed by atoms with Crippen LogP contribution in [0.2, 0.25) is 0 Å². The molecule has 1 fully saturated rings. The first-order chi connectivity index (χ1) is 61.0. The molecule has 1 heterocycles. The number of β-amino-alcohol motifs (C(OH)–C–C–N with tert-alkyl or cyclic N) is 1. The molecule has 0 spiro atoms. The SMILES string of the molecule is CC[C@H](C)[C@H](NC(=O)[C@@H]1C[C@@H](O)CN1C(=O)[C@@H](N)C(C)C)C(=O)N[C@@H](CS)C(=O)N[C@@H](Cc1ccc(O)cc1)C(=O)N[C@@H](CO)C(=O)N[C@@H](CC(N)=O)C(=O)N[C@@H](CCCN=C(N)N)C(=O)N[C@@H](CCN)C(=O)N[C@H](C(=O)N[C@H](CCN)C(=O)N[C@@H](CCCCN)C(=O)N[C@@H](CCN)C(=O)N[C@@H](CCN)C(=O)N[C@@H](CS)C(=O)N[C@@H](Cc1ccc(O)cc1)C(=O)O)[C@@H](C)O. The molecule has 1 aliphatic heterocycles. The Hall–Kier alpha value is -11.4. The summed E-state index contributed by atoms with van der Waals surface area (Å²) in [4.78, 5) is 242. The van der Waals surface area contributed by atoms with Gasteiger partial charge in [-0.2, -0.15) is 25.3 Å². The van der Waals surface area contributed by atoms with Crippen LogP contribution in [0.4, 0.5) is 0 Å². The van der Waals surface area contributed by atoms with Gasteiger partial charge in [0.2, 0.25) is 94.5 Å². The third-order valence-corrected chi connectivity index (χ3v) is 21.5. The molecule has 0 aliphatic carbocycles. The van der Waals surface area contributed by atoms with Gasteiger partial charge in [-0.1, -0.05) is 58.4 Å². The topological polar surface area (TPSA) is 830 Å². The molecule has 0 unspecified atom stereocenters. The number of nitrogens with two attached hydrogens (primary N) is 9. The summed E-state index contributed by atoms with van der Waals surface area (Å²) in [6, 6.07) is -14.6. The second kappa shape index (κ2) is 57.5. The molecule has 3 rings (SSSR count). The molecule has 50 heteroatoms. The van der Waals surface area contributed by atoms with E-state index in [0.29, 0.717) is 24.0 Å². The number of phenols is 2. The van der Waals surface area contributed by atoms with Crippen molar-refractivity contribution in [2.24, 2.45) is 68.4 Å². The maximum absolute atomic E-state index is 14.5. The Labute approximate surface area is 756 Å². The third-order valence-electron chi connectivity index (χ3n) is 20.7. The van der Waals surface area contributed by atoms with Gasteiger partial charge in [0.05, 0.1) is 31.3 Å². The number of carboxylic acids is 1. The number of hydrogen-bond donors (Lipinski definition) is 31. The first-order valence-corrected chi connectivity index (χ1v) is 43.4. The minimum absolute atomic E-state index is 0.0831. The van der Waals surface area contributed by atoms with Gasteiger partial charge < -0.3 is 162 Å². The predicted octanol–water partition coefficient (Wildman–Crippen LogP) is -11.6. The Morgan fingerprint density at radius 3 is 1.19 bits per heavy atom. The number of primary amides is 1. The number of benzene rings is 2. The van der Waals surface area contributed by atoms with Gasteiger partial charge in [-0.3, -0.25) is 81.7 Å². The van der Waals surface area contributed by atoms with Gasteiger partial charge in [0, 0.05) is 43.9 Å². The van der Waals surface area contributed by atoms with Crippen LogP contribution >= 0.6 is 25.3 Å². The molecule has 2 aromatic rings. The fourth-order valence-electron chi connectivity index (χ4n) is 13.1. The normalized spacial score (nSPS) is 16.9. The molecule has 1 aliphatic rings. The number of carbonyl (C=O) groups is 17. The Morgan fingerprint density at radius 2 is 0.798 bits per heavy atom. The van der Waals surface area contributed by atoms with Gasteiger partial charge >= 0.3 is 5.97 Å². The number of nitrogens with one attached hydrogen (secondary N) is 14. The Bertz CT molecular complexity index is 4100. The van der Waals surface area contributed by atoms with E-state index in [-0.39, 0.29) is 133 Å². The summed E-state index contributed by atoms with van der Waals surface area (Å²) in [7, 11) is 0. The van der Waals surface area contributed by atoms with Crippen molar-refractivity contribution in [3.05, 3.63) is 59.7 Å². The molecule has 2 aromatic carbocycles. The largest absolute Gasteiger partial charge is 0.508 e. The maximum Gasteiger partial charge on any atom is 0.326 e. The summed E-state index contributed by atoms with van der Waals surface area (Å²) >= 11 is 8.45. The number of guanidine groups is 1. The minimum atomic E-state index is -2.03. The van der Waals surface area contributed by atoms with Crippen molar-refractivity contribution in [1.82, 2.24) is 79.3 Å². The quantitative estimate of drug-likeness (QED) is 0.0127. The molecule has 19 atom stereocenters. The van der Waals surface area contributed by atoms with Crippen LogP contribution < -0.4 is 126 Å². The zero-order valence-corrected chi connectivity index (χ0v) is 74.5. The fraction of sp³-hybridized carbons (Fsp3) is 0.620. The lowest BCUT2D eigenvalue weighted by Crippen LogP contribution is -2.62. The van der Waals surface area contributed by atoms with Gasteiger partial charge in [-0.15, -0.1) is 0 Å². The third kappa shape index (κ3) is 38.1. The summed E-state index contributed by atoms with van der Waals surface area (Å²) < 4.78 is 0. The van der Waals surface area contributed by atoms with E-state index >= 15 is 0 Å². The number of aliphatic carboxylic acids is 1. The highest BCUT2D eigenvalue weighted by atomic mass is 32.1. The van der Waals surface area contributed by atoms with Crippen molar-refractivity contribution in [3.63, 3.8) is 0 Å². The average molecular weight is 1860 g/mol. The lowest BCUT2D eigenvalue weighted by atomic mass is 9.97. The van der Waals surface area contributed by atoms with Crippen LogP contribution in [0.5, 0.6) is 11.5 Å². The lowest BCUT2D eigenvalue weighted by molar-refractivity contribution is -0.142. The number of likely N-dealkylation sites (tertiary alicyclic amines) is 1. The number of phenolic OH excluding ortho intramolecular Hbond substituents is 2. The van der Waals surface area contributed by atoms with Crippen LogP contribution in [0.3, 0.4) is 0 Å². The van der Waals surface area contributed by atoms with Gasteiger partial charge in [0.1, 0.15) is 102 Å². The van der Waals surface area contributed by atoms with Crippen LogP contribution in [0.25, 0.3) is 0 Å². The van der Waals surface area contributed by atoms with Crippen LogP contribution in [0.15, 0.2) is 53.5 Å². The molecule has 16 amide bonds. The van der Waals surface area contributed by atoms with E-state index in [4.69, 9.17) is 51.6 Å². The first kappa shape index (κ1) is 112. The molecular weight excluding hydrogens is 1730 g/mol. The van der Waals surface area contributed by atoms with E-state index < -0.39 is 247 Å². The molecular formula is C79H131N25O23S2. The summed E-state index contributed by atoms with van der Waals surface area (Å²) in [5.74, 6) is -20.7. The van der Waals surface area contributed by atoms with Gasteiger partial charge in [-0.05, 0) is 145 Å². The second-order valence-corrected chi connectivity index (χ2v) is 32.1. The molecule has 0 aromatic heterocycles. The number of aliphatic imine (C=N–C) groups is 1. The summed E-state index contributed by atoms with van der Waals surface area (Å²) in [5.41, 5.74) is 52.8.